The van der Waals surface area contributed by atoms with E-state index >= 15 is 0 Å². The van der Waals surface area contributed by atoms with Gasteiger partial charge in [0.1, 0.15) is 17.9 Å². The second kappa shape index (κ2) is 4.88. The van der Waals surface area contributed by atoms with Crippen molar-refractivity contribution >= 4 is 28.4 Å². The van der Waals surface area contributed by atoms with Gasteiger partial charge in [-0.1, -0.05) is 12.1 Å². The first-order valence-electron chi connectivity index (χ1n) is 6.97. The van der Waals surface area contributed by atoms with E-state index in [1.807, 2.05) is 6.07 Å². The van der Waals surface area contributed by atoms with Gasteiger partial charge in [0.05, 0.1) is 7.11 Å². The Balaban J connectivity index is 2.01. The standard InChI is InChI=1S/C17H11N3O3/c1-23-13-6-5-12-15-10(13)3-2-4-11(15)16(21)20(17(12)22)14-7-8-18-9-19-14/h2-9H,1H3. The van der Waals surface area contributed by atoms with Crippen LogP contribution in [-0.4, -0.2) is 28.9 Å². The third-order valence-corrected chi connectivity index (χ3v) is 3.88. The Morgan fingerprint density at radius 1 is 1.00 bits per heavy atom. The second-order valence-corrected chi connectivity index (χ2v) is 5.06. The summed E-state index contributed by atoms with van der Waals surface area (Å²) in [5.74, 6) is 0.0789. The summed E-state index contributed by atoms with van der Waals surface area (Å²) in [6, 6.07) is 10.2. The van der Waals surface area contributed by atoms with Crippen molar-refractivity contribution in [1.29, 1.82) is 0 Å². The number of ether oxygens (including phenoxy) is 1. The summed E-state index contributed by atoms with van der Waals surface area (Å²) in [6.45, 7) is 0. The molecule has 0 saturated heterocycles. The molecule has 0 spiro atoms. The van der Waals surface area contributed by atoms with E-state index in [4.69, 9.17) is 4.74 Å². The highest BCUT2D eigenvalue weighted by atomic mass is 16.5. The Kier molecular flexibility index (Phi) is 2.84. The number of carbonyl (C=O) groups is 2. The van der Waals surface area contributed by atoms with E-state index in [0.29, 0.717) is 22.3 Å². The predicted molar refractivity (Wildman–Crippen MR) is 83.7 cm³/mol. The van der Waals surface area contributed by atoms with E-state index in [-0.39, 0.29) is 5.82 Å². The highest BCUT2D eigenvalue weighted by molar-refractivity contribution is 6.35. The van der Waals surface area contributed by atoms with Crippen LogP contribution in [0.4, 0.5) is 5.82 Å². The highest BCUT2D eigenvalue weighted by Crippen LogP contribution is 2.36. The molecule has 0 aliphatic carbocycles. The summed E-state index contributed by atoms with van der Waals surface area (Å²) in [4.78, 5) is 34.6. The van der Waals surface area contributed by atoms with Crippen molar-refractivity contribution in [2.75, 3.05) is 12.0 Å². The molecule has 0 atom stereocenters. The van der Waals surface area contributed by atoms with Crippen molar-refractivity contribution < 1.29 is 14.3 Å². The third-order valence-electron chi connectivity index (χ3n) is 3.88. The Labute approximate surface area is 131 Å². The number of aromatic nitrogens is 2. The van der Waals surface area contributed by atoms with Crippen LogP contribution in [0.15, 0.2) is 48.9 Å². The lowest BCUT2D eigenvalue weighted by Crippen LogP contribution is -2.41. The zero-order valence-electron chi connectivity index (χ0n) is 12.2. The van der Waals surface area contributed by atoms with Gasteiger partial charge in [0.2, 0.25) is 0 Å². The molecule has 1 aliphatic heterocycles. The normalized spacial score (nSPS) is 13.5. The van der Waals surface area contributed by atoms with Gasteiger partial charge in [-0.05, 0) is 24.3 Å². The summed E-state index contributed by atoms with van der Waals surface area (Å²) >= 11 is 0. The van der Waals surface area contributed by atoms with Crippen LogP contribution >= 0.6 is 0 Å². The monoisotopic (exact) mass is 305 g/mol. The molecule has 2 amide bonds. The van der Waals surface area contributed by atoms with Crippen LogP contribution < -0.4 is 9.64 Å². The van der Waals surface area contributed by atoms with Crippen molar-refractivity contribution in [2.24, 2.45) is 0 Å². The van der Waals surface area contributed by atoms with Gasteiger partial charge in [0, 0.05) is 28.1 Å². The number of hydrogen-bond acceptors (Lipinski definition) is 5. The van der Waals surface area contributed by atoms with Crippen LogP contribution in [-0.2, 0) is 0 Å². The molecule has 6 nitrogen and oxygen atoms in total. The van der Waals surface area contributed by atoms with Crippen molar-refractivity contribution in [2.45, 2.75) is 0 Å². The summed E-state index contributed by atoms with van der Waals surface area (Å²) in [6.07, 6.45) is 2.80. The molecule has 6 heteroatoms. The SMILES string of the molecule is COc1ccc2c3c(cccc13)C(=O)N(c1ccncn1)C2=O. The third kappa shape index (κ3) is 1.81. The lowest BCUT2D eigenvalue weighted by molar-refractivity contribution is 0.0892. The molecular formula is C17H11N3O3. The Morgan fingerprint density at radius 2 is 1.78 bits per heavy atom. The van der Waals surface area contributed by atoms with Crippen LogP contribution in [0.3, 0.4) is 0 Å². The first kappa shape index (κ1) is 13.4. The first-order valence-corrected chi connectivity index (χ1v) is 6.97. The minimum atomic E-state index is -0.403. The number of anilines is 1. The predicted octanol–water partition coefficient (Wildman–Crippen LogP) is 2.44. The fourth-order valence-corrected chi connectivity index (χ4v) is 2.87. The van der Waals surface area contributed by atoms with Crippen molar-refractivity contribution in [3.05, 3.63) is 60.0 Å². The molecule has 1 aliphatic rings. The van der Waals surface area contributed by atoms with Crippen molar-refractivity contribution in [1.82, 2.24) is 9.97 Å². The van der Waals surface area contributed by atoms with Gasteiger partial charge >= 0.3 is 0 Å². The lowest BCUT2D eigenvalue weighted by atomic mass is 9.93. The van der Waals surface area contributed by atoms with Crippen LogP contribution in [0.2, 0.25) is 0 Å². The van der Waals surface area contributed by atoms with Crippen LogP contribution in [0, 0.1) is 0 Å². The van der Waals surface area contributed by atoms with Gasteiger partial charge in [0.25, 0.3) is 11.8 Å². The minimum absolute atomic E-state index is 0.258. The van der Waals surface area contributed by atoms with Gasteiger partial charge in [-0.15, -0.1) is 0 Å². The quantitative estimate of drug-likeness (QED) is 0.680. The number of methoxy groups -OCH3 is 1. The van der Waals surface area contributed by atoms with Crippen molar-refractivity contribution in [3.63, 3.8) is 0 Å². The van der Waals surface area contributed by atoms with Crippen LogP contribution in [0.25, 0.3) is 10.8 Å². The Hall–Kier alpha value is -3.28. The Bertz CT molecular complexity index is 932. The maximum atomic E-state index is 12.8. The van der Waals surface area contributed by atoms with E-state index in [9.17, 15) is 9.59 Å². The van der Waals surface area contributed by atoms with Gasteiger partial charge in [-0.25, -0.2) is 14.9 Å². The molecule has 0 radical (unpaired) electrons. The summed E-state index contributed by atoms with van der Waals surface area (Å²) in [7, 11) is 1.56. The average Bonchev–Trinajstić information content (AvgIpc) is 2.60. The van der Waals surface area contributed by atoms with Crippen LogP contribution in [0.5, 0.6) is 5.75 Å². The topological polar surface area (TPSA) is 72.4 Å². The summed E-state index contributed by atoms with van der Waals surface area (Å²) in [5, 5.41) is 1.36. The lowest BCUT2D eigenvalue weighted by Gasteiger charge is -2.26. The Morgan fingerprint density at radius 3 is 2.48 bits per heavy atom. The number of carbonyl (C=O) groups excluding carboxylic acids is 2. The fourth-order valence-electron chi connectivity index (χ4n) is 2.87. The van der Waals surface area contributed by atoms with Gasteiger partial charge in [-0.3, -0.25) is 9.59 Å². The molecule has 0 N–H and O–H groups in total. The molecule has 2 aromatic carbocycles. The minimum Gasteiger partial charge on any atom is -0.496 e. The number of benzene rings is 2. The van der Waals surface area contributed by atoms with Crippen LogP contribution in [0.1, 0.15) is 20.7 Å². The maximum Gasteiger partial charge on any atom is 0.267 e. The van der Waals surface area contributed by atoms with E-state index in [1.54, 1.807) is 31.4 Å². The first-order chi connectivity index (χ1) is 11.2. The number of nitrogens with zero attached hydrogens (tertiary/aromatic N) is 3. The maximum absolute atomic E-state index is 12.8. The van der Waals surface area contributed by atoms with Gasteiger partial charge < -0.3 is 4.74 Å². The molecule has 0 bridgehead atoms. The largest absolute Gasteiger partial charge is 0.496 e. The average molecular weight is 305 g/mol. The molecule has 0 unspecified atom stereocenters. The van der Waals surface area contributed by atoms with E-state index in [0.717, 1.165) is 10.3 Å². The zero-order chi connectivity index (χ0) is 16.0. The summed E-state index contributed by atoms with van der Waals surface area (Å²) < 4.78 is 5.33. The number of amides is 2. The molecule has 0 saturated carbocycles. The van der Waals surface area contributed by atoms with E-state index in [2.05, 4.69) is 9.97 Å². The molecule has 23 heavy (non-hydrogen) atoms. The molecular weight excluding hydrogens is 294 g/mol. The fraction of sp³-hybridized carbons (Fsp3) is 0.0588. The number of hydrogen-bond donors (Lipinski definition) is 0. The zero-order valence-corrected chi connectivity index (χ0v) is 12.2. The molecule has 4 rings (SSSR count). The number of imide groups is 1. The van der Waals surface area contributed by atoms with E-state index in [1.165, 1.54) is 18.6 Å². The van der Waals surface area contributed by atoms with Gasteiger partial charge in [-0.2, -0.15) is 0 Å². The van der Waals surface area contributed by atoms with Gasteiger partial charge in [0.15, 0.2) is 0 Å². The molecule has 112 valence electrons. The molecule has 1 aromatic heterocycles. The second-order valence-electron chi connectivity index (χ2n) is 5.06. The molecule has 2 heterocycles. The van der Waals surface area contributed by atoms with E-state index < -0.39 is 11.8 Å². The smallest absolute Gasteiger partial charge is 0.267 e. The van der Waals surface area contributed by atoms with Crippen molar-refractivity contribution in [3.8, 4) is 5.75 Å². The molecule has 3 aromatic rings. The molecule has 0 fully saturated rings. The highest BCUT2D eigenvalue weighted by Gasteiger charge is 2.35. The number of rotatable bonds is 2. The summed E-state index contributed by atoms with van der Waals surface area (Å²) in [5.41, 5.74) is 0.907.